The fraction of sp³-hybridized carbons (Fsp3) is 0.545. The molecule has 0 aliphatic rings. The maximum Gasteiger partial charge on any atom is 0.322 e. The predicted octanol–water partition coefficient (Wildman–Crippen LogP) is -3.39. The number of hydrogen-bond donors (Lipinski definition) is 6. The van der Waals surface area contributed by atoms with Crippen molar-refractivity contribution in [1.29, 1.82) is 0 Å². The van der Waals surface area contributed by atoms with E-state index in [1.165, 1.54) is 6.92 Å². The van der Waals surface area contributed by atoms with Gasteiger partial charge in [-0.3, -0.25) is 24.0 Å². The van der Waals surface area contributed by atoms with Gasteiger partial charge in [-0.15, -0.1) is 0 Å². The molecule has 0 aliphatic carbocycles. The van der Waals surface area contributed by atoms with Crippen molar-refractivity contribution in [3.8, 4) is 0 Å². The number of rotatable bonds is 9. The highest BCUT2D eigenvalue weighted by atomic mass is 16.4. The lowest BCUT2D eigenvalue weighted by molar-refractivity contribution is -0.141. The first kappa shape index (κ1) is 19.3. The van der Waals surface area contributed by atoms with E-state index in [1.807, 2.05) is 5.32 Å². The summed E-state index contributed by atoms with van der Waals surface area (Å²) in [4.78, 5) is 55.3. The molecule has 0 spiro atoms. The number of nitrogens with two attached hydrogens (primary N) is 1. The van der Waals surface area contributed by atoms with E-state index in [4.69, 9.17) is 15.9 Å². The predicted molar refractivity (Wildman–Crippen MR) is 71.5 cm³/mol. The number of hydrogen-bond acceptors (Lipinski definition) is 6. The molecule has 0 radical (unpaired) electrons. The summed E-state index contributed by atoms with van der Waals surface area (Å²) in [6.07, 6.45) is -0.693. The zero-order chi connectivity index (χ0) is 17.3. The second-order valence-corrected chi connectivity index (χ2v) is 4.34. The molecule has 124 valence electrons. The smallest absolute Gasteiger partial charge is 0.322 e. The molecule has 0 saturated heterocycles. The van der Waals surface area contributed by atoms with E-state index in [0.29, 0.717) is 0 Å². The van der Waals surface area contributed by atoms with E-state index in [9.17, 15) is 24.0 Å². The molecule has 11 heteroatoms. The number of carboxylic acids is 2. The second kappa shape index (κ2) is 9.28. The molecule has 2 atom stereocenters. The molecule has 2 unspecified atom stereocenters. The van der Waals surface area contributed by atoms with Crippen LogP contribution in [0.3, 0.4) is 0 Å². The zero-order valence-corrected chi connectivity index (χ0v) is 11.8. The zero-order valence-electron chi connectivity index (χ0n) is 11.8. The monoisotopic (exact) mass is 318 g/mol. The van der Waals surface area contributed by atoms with Gasteiger partial charge in [-0.25, -0.2) is 0 Å². The standard InChI is InChI=1S/C11H18N4O7/c1-5(12)10(21)15-6(2-8(17)18)11(22)14-3-7(16)13-4-9(19)20/h5-6H,2-4,12H2,1H3,(H,13,16)(H,14,22)(H,15,21)(H,17,18)(H,19,20). The molecule has 3 amide bonds. The normalized spacial score (nSPS) is 12.6. The minimum atomic E-state index is -1.40. The summed E-state index contributed by atoms with van der Waals surface area (Å²) < 4.78 is 0. The van der Waals surface area contributed by atoms with Crippen molar-refractivity contribution in [1.82, 2.24) is 16.0 Å². The fourth-order valence-electron chi connectivity index (χ4n) is 1.21. The number of carboxylic acid groups (broad SMARTS) is 2. The van der Waals surface area contributed by atoms with E-state index < -0.39 is 61.3 Å². The van der Waals surface area contributed by atoms with Gasteiger partial charge in [0.15, 0.2) is 0 Å². The molecule has 0 saturated carbocycles. The molecule has 0 fully saturated rings. The maximum atomic E-state index is 11.8. The summed E-state index contributed by atoms with van der Waals surface area (Å²) in [5, 5.41) is 23.3. The molecule has 0 aromatic rings. The van der Waals surface area contributed by atoms with Crippen LogP contribution in [0, 0.1) is 0 Å². The van der Waals surface area contributed by atoms with Crippen LogP contribution in [-0.4, -0.2) is 65.0 Å². The second-order valence-electron chi connectivity index (χ2n) is 4.34. The highest BCUT2D eigenvalue weighted by molar-refractivity contribution is 5.94. The average molecular weight is 318 g/mol. The summed E-state index contributed by atoms with van der Waals surface area (Å²) in [5.41, 5.74) is 5.29. The van der Waals surface area contributed by atoms with Crippen molar-refractivity contribution in [2.24, 2.45) is 5.73 Å². The summed E-state index contributed by atoms with van der Waals surface area (Å²) in [7, 11) is 0. The molecule has 0 aromatic carbocycles. The summed E-state index contributed by atoms with van der Waals surface area (Å²) in [6, 6.07) is -2.34. The molecular weight excluding hydrogens is 300 g/mol. The van der Waals surface area contributed by atoms with Crippen molar-refractivity contribution >= 4 is 29.7 Å². The van der Waals surface area contributed by atoms with E-state index in [-0.39, 0.29) is 0 Å². The van der Waals surface area contributed by atoms with Crippen molar-refractivity contribution in [3.63, 3.8) is 0 Å². The summed E-state index contributed by atoms with van der Waals surface area (Å²) in [5.74, 6) is -4.99. The fourth-order valence-corrected chi connectivity index (χ4v) is 1.21. The van der Waals surface area contributed by atoms with Crippen LogP contribution in [0.25, 0.3) is 0 Å². The van der Waals surface area contributed by atoms with E-state index in [2.05, 4.69) is 10.6 Å². The SMILES string of the molecule is CC(N)C(=O)NC(CC(=O)O)C(=O)NCC(=O)NCC(=O)O. The molecule has 11 nitrogen and oxygen atoms in total. The Kier molecular flexibility index (Phi) is 8.15. The van der Waals surface area contributed by atoms with Crippen LogP contribution in [0.1, 0.15) is 13.3 Å². The van der Waals surface area contributed by atoms with Crippen LogP contribution >= 0.6 is 0 Å². The third-order valence-electron chi connectivity index (χ3n) is 2.29. The van der Waals surface area contributed by atoms with Gasteiger partial charge in [0.25, 0.3) is 0 Å². The number of aliphatic carboxylic acids is 2. The quantitative estimate of drug-likeness (QED) is 0.254. The van der Waals surface area contributed by atoms with Gasteiger partial charge in [-0.1, -0.05) is 0 Å². The third kappa shape index (κ3) is 8.47. The van der Waals surface area contributed by atoms with Gasteiger partial charge in [0, 0.05) is 0 Å². The molecule has 0 rings (SSSR count). The van der Waals surface area contributed by atoms with Gasteiger partial charge in [-0.05, 0) is 6.92 Å². The summed E-state index contributed by atoms with van der Waals surface area (Å²) >= 11 is 0. The molecule has 7 N–H and O–H groups in total. The van der Waals surface area contributed by atoms with Crippen LogP contribution in [-0.2, 0) is 24.0 Å². The van der Waals surface area contributed by atoms with Gasteiger partial charge in [-0.2, -0.15) is 0 Å². The molecular formula is C11H18N4O7. The van der Waals surface area contributed by atoms with Crippen LogP contribution in [0.4, 0.5) is 0 Å². The topological polar surface area (TPSA) is 188 Å². The van der Waals surface area contributed by atoms with E-state index in [0.717, 1.165) is 0 Å². The lowest BCUT2D eigenvalue weighted by atomic mass is 10.1. The summed E-state index contributed by atoms with van der Waals surface area (Å²) in [6.45, 7) is 0.176. The Balaban J connectivity index is 4.50. The first-order valence-electron chi connectivity index (χ1n) is 6.17. The molecule has 22 heavy (non-hydrogen) atoms. The minimum Gasteiger partial charge on any atom is -0.481 e. The van der Waals surface area contributed by atoms with Crippen molar-refractivity contribution < 1.29 is 34.2 Å². The van der Waals surface area contributed by atoms with Crippen LogP contribution < -0.4 is 21.7 Å². The Morgan fingerprint density at radius 2 is 1.55 bits per heavy atom. The number of carbonyl (C=O) groups excluding carboxylic acids is 3. The lowest BCUT2D eigenvalue weighted by Crippen LogP contribution is -2.53. The Morgan fingerprint density at radius 3 is 2.00 bits per heavy atom. The molecule has 0 bridgehead atoms. The maximum absolute atomic E-state index is 11.8. The van der Waals surface area contributed by atoms with Crippen LogP contribution in [0.2, 0.25) is 0 Å². The van der Waals surface area contributed by atoms with Crippen molar-refractivity contribution in [2.75, 3.05) is 13.1 Å². The highest BCUT2D eigenvalue weighted by Gasteiger charge is 2.25. The Bertz CT molecular complexity index is 463. The van der Waals surface area contributed by atoms with Gasteiger partial charge in [0.1, 0.15) is 12.6 Å². The number of amides is 3. The lowest BCUT2D eigenvalue weighted by Gasteiger charge is -2.17. The van der Waals surface area contributed by atoms with Gasteiger partial charge >= 0.3 is 11.9 Å². The van der Waals surface area contributed by atoms with Gasteiger partial charge in [0.2, 0.25) is 17.7 Å². The molecule has 0 aliphatic heterocycles. The minimum absolute atomic E-state index is 0.559. The van der Waals surface area contributed by atoms with Crippen molar-refractivity contribution in [3.05, 3.63) is 0 Å². The number of nitrogens with one attached hydrogen (secondary N) is 3. The Labute approximate surface area is 125 Å². The van der Waals surface area contributed by atoms with Gasteiger partial charge in [0.05, 0.1) is 19.0 Å². The van der Waals surface area contributed by atoms with Crippen LogP contribution in [0.5, 0.6) is 0 Å². The Morgan fingerprint density at radius 1 is 0.955 bits per heavy atom. The van der Waals surface area contributed by atoms with Crippen molar-refractivity contribution in [2.45, 2.75) is 25.4 Å². The third-order valence-corrected chi connectivity index (χ3v) is 2.29. The van der Waals surface area contributed by atoms with E-state index >= 15 is 0 Å². The van der Waals surface area contributed by atoms with Gasteiger partial charge < -0.3 is 31.9 Å². The molecule has 0 heterocycles. The highest BCUT2D eigenvalue weighted by Crippen LogP contribution is 1.94. The van der Waals surface area contributed by atoms with Crippen LogP contribution in [0.15, 0.2) is 0 Å². The first-order chi connectivity index (χ1) is 10.1. The largest absolute Gasteiger partial charge is 0.481 e. The average Bonchev–Trinajstić information content (AvgIpc) is 2.40. The molecule has 0 aromatic heterocycles. The first-order valence-corrected chi connectivity index (χ1v) is 6.17. The Hall–Kier alpha value is -2.69. The van der Waals surface area contributed by atoms with E-state index in [1.54, 1.807) is 0 Å². The number of carbonyl (C=O) groups is 5.